The molecule has 1 aromatic rings. The second-order valence-corrected chi connectivity index (χ2v) is 2.93. The van der Waals surface area contributed by atoms with Crippen molar-refractivity contribution in [2.45, 2.75) is 12.2 Å². The molecule has 0 bridgehead atoms. The van der Waals surface area contributed by atoms with E-state index in [9.17, 15) is 13.2 Å². The van der Waals surface area contributed by atoms with Crippen LogP contribution >= 0.6 is 11.6 Å². The lowest BCUT2D eigenvalue weighted by Gasteiger charge is -2.12. The number of aromatic nitrogens is 1. The van der Waals surface area contributed by atoms with Crippen LogP contribution in [0.4, 0.5) is 18.9 Å². The Hall–Kier alpha value is -1.68. The van der Waals surface area contributed by atoms with E-state index in [1.54, 1.807) is 6.07 Å². The Labute approximate surface area is 93.4 Å². The Morgan fingerprint density at radius 1 is 1.56 bits per heavy atom. The molecular weight excluding hydrogens is 247 g/mol. The second-order valence-electron chi connectivity index (χ2n) is 2.66. The summed E-state index contributed by atoms with van der Waals surface area (Å²) in [5.41, 5.74) is 5.06. The molecule has 0 saturated carbocycles. The molecule has 8 heteroatoms. The smallest absolute Gasteiger partial charge is 0.394 e. The number of nitrogens with zero attached hydrogens (tertiary/aromatic N) is 2. The Kier molecular flexibility index (Phi) is 3.44. The lowest BCUT2D eigenvalue weighted by Crippen LogP contribution is -2.19. The van der Waals surface area contributed by atoms with Crippen molar-refractivity contribution < 1.29 is 17.9 Å². The zero-order valence-electron chi connectivity index (χ0n) is 7.68. The summed E-state index contributed by atoms with van der Waals surface area (Å²) in [7, 11) is 0. The van der Waals surface area contributed by atoms with E-state index in [4.69, 9.17) is 22.6 Å². The number of hydrogen-bond donors (Lipinski definition) is 1. The molecule has 0 aliphatic rings. The largest absolute Gasteiger partial charge is 0.574 e. The fourth-order valence-electron chi connectivity index (χ4n) is 0.976. The number of nitriles is 1. The summed E-state index contributed by atoms with van der Waals surface area (Å²) in [5.74, 6) is -1.01. The van der Waals surface area contributed by atoms with Gasteiger partial charge < -0.3 is 10.5 Å². The molecule has 4 nitrogen and oxygen atoms in total. The average Bonchev–Trinajstić information content (AvgIpc) is 2.19. The molecule has 0 spiro atoms. The van der Waals surface area contributed by atoms with E-state index in [1.807, 2.05) is 0 Å². The monoisotopic (exact) mass is 251 g/mol. The van der Waals surface area contributed by atoms with Gasteiger partial charge in [0, 0.05) is 11.8 Å². The van der Waals surface area contributed by atoms with Crippen molar-refractivity contribution in [1.29, 1.82) is 5.26 Å². The minimum atomic E-state index is -4.89. The maximum Gasteiger partial charge on any atom is 0.574 e. The fraction of sp³-hybridized carbons (Fsp3) is 0.250. The van der Waals surface area contributed by atoms with Gasteiger partial charge in [-0.1, -0.05) is 0 Å². The molecule has 0 amide bonds. The highest BCUT2D eigenvalue weighted by Crippen LogP contribution is 2.30. The minimum absolute atomic E-state index is 0.0158. The lowest BCUT2D eigenvalue weighted by molar-refractivity contribution is -0.275. The predicted octanol–water partition coefficient (Wildman–Crippen LogP) is 2.17. The first-order chi connectivity index (χ1) is 7.39. The molecule has 1 rings (SSSR count). The first-order valence-electron chi connectivity index (χ1n) is 3.88. The second kappa shape index (κ2) is 4.45. The number of nitrogens with two attached hydrogens (primary N) is 1. The molecule has 2 N–H and O–H groups in total. The maximum atomic E-state index is 11.9. The summed E-state index contributed by atoms with van der Waals surface area (Å²) in [6.45, 7) is 0. The van der Waals surface area contributed by atoms with E-state index >= 15 is 0 Å². The number of halogens is 4. The zero-order valence-corrected chi connectivity index (χ0v) is 8.43. The molecule has 1 aromatic heterocycles. The number of hydrogen-bond acceptors (Lipinski definition) is 4. The van der Waals surface area contributed by atoms with Gasteiger partial charge in [0.25, 0.3) is 0 Å². The number of ether oxygens (including phenoxy) is 1. The summed E-state index contributed by atoms with van der Waals surface area (Å²) in [6, 6.07) is 1.71. The molecule has 0 aromatic carbocycles. The lowest BCUT2D eigenvalue weighted by atomic mass is 10.1. The SMILES string of the molecule is N#Cc1cnc(OC(F)(F)F)c(N)c1CCl. The molecule has 0 fully saturated rings. The summed E-state index contributed by atoms with van der Waals surface area (Å²) in [5, 5.41) is 8.63. The quantitative estimate of drug-likeness (QED) is 0.818. The molecule has 1 heterocycles. The molecule has 0 aliphatic heterocycles. The number of anilines is 1. The Balaban J connectivity index is 3.20. The normalized spacial score (nSPS) is 10.9. The highest BCUT2D eigenvalue weighted by molar-refractivity contribution is 6.17. The molecule has 0 unspecified atom stereocenters. The predicted molar refractivity (Wildman–Crippen MR) is 49.6 cm³/mol. The van der Waals surface area contributed by atoms with Crippen LogP contribution in [0.15, 0.2) is 6.20 Å². The summed E-state index contributed by atoms with van der Waals surface area (Å²) in [4.78, 5) is 3.29. The van der Waals surface area contributed by atoms with E-state index in [1.165, 1.54) is 0 Å². The van der Waals surface area contributed by atoms with Gasteiger partial charge in [-0.25, -0.2) is 4.98 Å². The van der Waals surface area contributed by atoms with Crippen molar-refractivity contribution >= 4 is 17.3 Å². The fourth-order valence-corrected chi connectivity index (χ4v) is 1.26. The van der Waals surface area contributed by atoms with Gasteiger partial charge in [0.2, 0.25) is 5.88 Å². The molecular formula is C8H5ClF3N3O. The standard InChI is InChI=1S/C8H5ClF3N3O/c9-1-5-4(2-13)3-15-7(6(5)14)16-8(10,11)12/h3H,1,14H2. The first-order valence-corrected chi connectivity index (χ1v) is 4.41. The van der Waals surface area contributed by atoms with E-state index in [2.05, 4.69) is 9.72 Å². The average molecular weight is 252 g/mol. The van der Waals surface area contributed by atoms with Crippen LogP contribution in [0.25, 0.3) is 0 Å². The maximum absolute atomic E-state index is 11.9. The van der Waals surface area contributed by atoms with Gasteiger partial charge in [0.1, 0.15) is 11.8 Å². The van der Waals surface area contributed by atoms with Crippen LogP contribution in [-0.2, 0) is 5.88 Å². The number of pyridine rings is 1. The van der Waals surface area contributed by atoms with Crippen molar-refractivity contribution in [2.24, 2.45) is 0 Å². The van der Waals surface area contributed by atoms with Crippen LogP contribution in [0.1, 0.15) is 11.1 Å². The van der Waals surface area contributed by atoms with Gasteiger partial charge >= 0.3 is 6.36 Å². The number of nitrogen functional groups attached to an aromatic ring is 1. The van der Waals surface area contributed by atoms with E-state index in [-0.39, 0.29) is 22.7 Å². The number of rotatable bonds is 2. The number of alkyl halides is 4. The topological polar surface area (TPSA) is 71.9 Å². The summed E-state index contributed by atoms with van der Waals surface area (Å²) >= 11 is 5.46. The Bertz CT molecular complexity index is 441. The molecule has 86 valence electrons. The Morgan fingerprint density at radius 3 is 2.62 bits per heavy atom. The van der Waals surface area contributed by atoms with E-state index in [0.29, 0.717) is 0 Å². The van der Waals surface area contributed by atoms with Crippen LogP contribution in [0.5, 0.6) is 5.88 Å². The van der Waals surface area contributed by atoms with Crippen molar-refractivity contribution in [2.75, 3.05) is 5.73 Å². The molecule has 0 radical (unpaired) electrons. The summed E-state index contributed by atoms with van der Waals surface area (Å²) < 4.78 is 39.3. The molecule has 16 heavy (non-hydrogen) atoms. The van der Waals surface area contributed by atoms with Gasteiger partial charge in [0.05, 0.1) is 11.4 Å². The molecule has 0 atom stereocenters. The highest BCUT2D eigenvalue weighted by atomic mass is 35.5. The highest BCUT2D eigenvalue weighted by Gasteiger charge is 2.33. The first kappa shape index (κ1) is 12.4. The van der Waals surface area contributed by atoms with Crippen LogP contribution in [0.2, 0.25) is 0 Å². The van der Waals surface area contributed by atoms with Crippen LogP contribution in [0.3, 0.4) is 0 Å². The van der Waals surface area contributed by atoms with Crippen molar-refractivity contribution in [3.8, 4) is 11.9 Å². The molecule has 0 aliphatic carbocycles. The van der Waals surface area contributed by atoms with Crippen molar-refractivity contribution in [3.63, 3.8) is 0 Å². The van der Waals surface area contributed by atoms with E-state index < -0.39 is 12.2 Å². The van der Waals surface area contributed by atoms with Gasteiger partial charge in [0.15, 0.2) is 0 Å². The van der Waals surface area contributed by atoms with Crippen molar-refractivity contribution in [3.05, 3.63) is 17.3 Å². The van der Waals surface area contributed by atoms with Gasteiger partial charge in [-0.15, -0.1) is 24.8 Å². The van der Waals surface area contributed by atoms with Crippen LogP contribution < -0.4 is 10.5 Å². The van der Waals surface area contributed by atoms with Gasteiger partial charge in [-0.3, -0.25) is 0 Å². The van der Waals surface area contributed by atoms with Crippen LogP contribution in [0, 0.1) is 11.3 Å². The third-order valence-electron chi connectivity index (χ3n) is 1.66. The van der Waals surface area contributed by atoms with Crippen LogP contribution in [-0.4, -0.2) is 11.3 Å². The molecule has 0 saturated heterocycles. The van der Waals surface area contributed by atoms with Crippen molar-refractivity contribution in [1.82, 2.24) is 4.98 Å². The van der Waals surface area contributed by atoms with Gasteiger partial charge in [-0.2, -0.15) is 5.26 Å². The Morgan fingerprint density at radius 2 is 2.19 bits per heavy atom. The minimum Gasteiger partial charge on any atom is -0.394 e. The van der Waals surface area contributed by atoms with Gasteiger partial charge in [-0.05, 0) is 0 Å². The third-order valence-corrected chi connectivity index (χ3v) is 1.93. The van der Waals surface area contributed by atoms with E-state index in [0.717, 1.165) is 6.20 Å². The third kappa shape index (κ3) is 2.67. The zero-order chi connectivity index (χ0) is 12.3. The summed E-state index contributed by atoms with van der Waals surface area (Å²) in [6.07, 6.45) is -3.96.